The fourth-order valence-electron chi connectivity index (χ4n) is 1.73. The number of Topliss-reactive ketones (excluding diaryl/α,β-unsaturated/α-hetero) is 1. The van der Waals surface area contributed by atoms with Crippen molar-refractivity contribution in [1.82, 2.24) is 0 Å². The number of amides is 1. The van der Waals surface area contributed by atoms with E-state index in [0.717, 1.165) is 0 Å². The Morgan fingerprint density at radius 2 is 1.90 bits per heavy atom. The predicted octanol–water partition coefficient (Wildman–Crippen LogP) is 1.95. The van der Waals surface area contributed by atoms with Crippen molar-refractivity contribution in [3.05, 3.63) is 60.2 Å². The van der Waals surface area contributed by atoms with Gasteiger partial charge in [-0.3, -0.25) is 9.59 Å². The lowest BCUT2D eigenvalue weighted by molar-refractivity contribution is -0.684. The van der Waals surface area contributed by atoms with Crippen LogP contribution in [0.3, 0.4) is 0 Å². The highest BCUT2D eigenvalue weighted by atomic mass is 19.1. The summed E-state index contributed by atoms with van der Waals surface area (Å²) in [6.07, 6.45) is 3.32. The molecule has 4 nitrogen and oxygen atoms in total. The van der Waals surface area contributed by atoms with Gasteiger partial charge in [0.25, 0.3) is 5.91 Å². The average Bonchev–Trinajstić information content (AvgIpc) is 2.41. The molecule has 0 unspecified atom stereocenters. The second kappa shape index (κ2) is 6.06. The van der Waals surface area contributed by atoms with Crippen LogP contribution in [0.1, 0.15) is 17.3 Å². The number of nitrogens with one attached hydrogen (secondary N) is 1. The molecule has 0 aliphatic carbocycles. The number of carbonyl (C=O) groups is 2. The van der Waals surface area contributed by atoms with Gasteiger partial charge in [-0.2, -0.15) is 4.57 Å². The van der Waals surface area contributed by atoms with Crippen LogP contribution in [0, 0.1) is 5.82 Å². The second-order valence-corrected chi connectivity index (χ2v) is 4.38. The summed E-state index contributed by atoms with van der Waals surface area (Å²) in [5.41, 5.74) is 1.07. The van der Waals surface area contributed by atoms with Gasteiger partial charge in [0.15, 0.2) is 18.2 Å². The van der Waals surface area contributed by atoms with E-state index >= 15 is 0 Å². The van der Waals surface area contributed by atoms with Crippen LogP contribution >= 0.6 is 0 Å². The maximum Gasteiger partial charge on any atom is 0.290 e. The first-order valence-electron chi connectivity index (χ1n) is 6.10. The van der Waals surface area contributed by atoms with Gasteiger partial charge in [0.2, 0.25) is 6.54 Å². The zero-order valence-electron chi connectivity index (χ0n) is 11.0. The van der Waals surface area contributed by atoms with Crippen molar-refractivity contribution >= 4 is 17.4 Å². The number of aromatic nitrogens is 1. The van der Waals surface area contributed by atoms with E-state index in [2.05, 4.69) is 5.32 Å². The summed E-state index contributed by atoms with van der Waals surface area (Å²) in [6, 6.07) is 8.94. The minimum absolute atomic E-state index is 0.0571. The fourth-order valence-corrected chi connectivity index (χ4v) is 1.73. The zero-order valence-corrected chi connectivity index (χ0v) is 11.0. The summed E-state index contributed by atoms with van der Waals surface area (Å²) < 4.78 is 14.4. The number of pyridine rings is 1. The number of ketones is 1. The number of carbonyl (C=O) groups excluding carboxylic acids is 2. The molecule has 0 aliphatic heterocycles. The standard InChI is InChI=1S/C15H13FN2O2/c1-11(19)12-3-2-8-18(9-12)10-15(20)17-14-6-4-13(16)5-7-14/h2-9H,10H2,1H3/p+1. The normalized spacial score (nSPS) is 10.1. The molecule has 0 saturated carbocycles. The molecule has 1 aromatic heterocycles. The lowest BCUT2D eigenvalue weighted by Gasteiger charge is -2.03. The van der Waals surface area contributed by atoms with Crippen molar-refractivity contribution in [2.24, 2.45) is 0 Å². The molecule has 0 spiro atoms. The van der Waals surface area contributed by atoms with Crippen molar-refractivity contribution in [2.45, 2.75) is 13.5 Å². The third kappa shape index (κ3) is 3.71. The van der Waals surface area contributed by atoms with Crippen molar-refractivity contribution < 1.29 is 18.5 Å². The second-order valence-electron chi connectivity index (χ2n) is 4.38. The Hall–Kier alpha value is -2.56. The van der Waals surface area contributed by atoms with E-state index < -0.39 is 0 Å². The van der Waals surface area contributed by atoms with Gasteiger partial charge in [0.1, 0.15) is 5.82 Å². The van der Waals surface area contributed by atoms with Crippen LogP contribution in [-0.4, -0.2) is 11.7 Å². The number of nitrogens with zero attached hydrogens (tertiary/aromatic N) is 1. The monoisotopic (exact) mass is 273 g/mol. The van der Waals surface area contributed by atoms with Gasteiger partial charge in [-0.05, 0) is 37.3 Å². The molecule has 5 heteroatoms. The predicted molar refractivity (Wildman–Crippen MR) is 71.7 cm³/mol. The lowest BCUT2D eigenvalue weighted by Crippen LogP contribution is -2.40. The first-order chi connectivity index (χ1) is 9.54. The maximum atomic E-state index is 12.7. The molecule has 2 rings (SSSR count). The number of rotatable bonds is 4. The van der Waals surface area contributed by atoms with E-state index in [1.54, 1.807) is 29.1 Å². The van der Waals surface area contributed by atoms with Crippen molar-refractivity contribution in [2.75, 3.05) is 5.32 Å². The van der Waals surface area contributed by atoms with Gasteiger partial charge in [-0.1, -0.05) is 0 Å². The highest BCUT2D eigenvalue weighted by Crippen LogP contribution is 2.07. The Bertz CT molecular complexity index is 639. The number of anilines is 1. The summed E-state index contributed by atoms with van der Waals surface area (Å²) in [4.78, 5) is 23.1. The molecular weight excluding hydrogens is 259 g/mol. The maximum absolute atomic E-state index is 12.7. The van der Waals surface area contributed by atoms with Gasteiger partial charge in [0, 0.05) is 11.8 Å². The Balaban J connectivity index is 2.02. The zero-order chi connectivity index (χ0) is 14.5. The molecule has 1 heterocycles. The summed E-state index contributed by atoms with van der Waals surface area (Å²) in [5, 5.41) is 2.65. The van der Waals surface area contributed by atoms with E-state index in [4.69, 9.17) is 0 Å². The average molecular weight is 273 g/mol. The van der Waals surface area contributed by atoms with E-state index in [1.165, 1.54) is 31.2 Å². The van der Waals surface area contributed by atoms with Crippen LogP contribution in [0.5, 0.6) is 0 Å². The molecular formula is C15H14FN2O2+. The van der Waals surface area contributed by atoms with Gasteiger partial charge in [-0.25, -0.2) is 4.39 Å². The minimum Gasteiger partial charge on any atom is -0.321 e. The molecule has 0 bridgehead atoms. The third-order valence-electron chi connectivity index (χ3n) is 2.72. The molecule has 0 aliphatic rings. The smallest absolute Gasteiger partial charge is 0.290 e. The summed E-state index contributed by atoms with van der Waals surface area (Å²) >= 11 is 0. The molecule has 1 N–H and O–H groups in total. The fraction of sp³-hybridized carbons (Fsp3) is 0.133. The number of hydrogen-bond acceptors (Lipinski definition) is 2. The Kier molecular flexibility index (Phi) is 4.20. The highest BCUT2D eigenvalue weighted by molar-refractivity contribution is 5.93. The van der Waals surface area contributed by atoms with Crippen LogP contribution in [0.15, 0.2) is 48.8 Å². The number of halogens is 1. The van der Waals surface area contributed by atoms with Crippen molar-refractivity contribution in [3.63, 3.8) is 0 Å². The summed E-state index contributed by atoms with van der Waals surface area (Å²) in [5.74, 6) is -0.660. The molecule has 1 aromatic carbocycles. The van der Waals surface area contributed by atoms with Crippen LogP contribution in [0.2, 0.25) is 0 Å². The van der Waals surface area contributed by atoms with Gasteiger partial charge < -0.3 is 5.32 Å². The van der Waals surface area contributed by atoms with E-state index in [1.807, 2.05) is 0 Å². The van der Waals surface area contributed by atoms with Crippen LogP contribution in [0.4, 0.5) is 10.1 Å². The van der Waals surface area contributed by atoms with Gasteiger partial charge >= 0.3 is 0 Å². The molecule has 2 aromatic rings. The SMILES string of the molecule is CC(=O)c1ccc[n+](CC(=O)Nc2ccc(F)cc2)c1. The molecule has 1 amide bonds. The minimum atomic E-state index is -0.355. The molecule has 0 fully saturated rings. The summed E-state index contributed by atoms with van der Waals surface area (Å²) in [7, 11) is 0. The molecule has 0 saturated heterocycles. The van der Waals surface area contributed by atoms with Crippen molar-refractivity contribution in [1.29, 1.82) is 0 Å². The topological polar surface area (TPSA) is 50.0 Å². The molecule has 0 radical (unpaired) electrons. The first-order valence-corrected chi connectivity index (χ1v) is 6.10. The Morgan fingerprint density at radius 1 is 1.20 bits per heavy atom. The number of benzene rings is 1. The lowest BCUT2D eigenvalue weighted by atomic mass is 10.2. The third-order valence-corrected chi connectivity index (χ3v) is 2.72. The van der Waals surface area contributed by atoms with Crippen molar-refractivity contribution in [3.8, 4) is 0 Å². The molecule has 20 heavy (non-hydrogen) atoms. The molecule has 0 atom stereocenters. The number of hydrogen-bond donors (Lipinski definition) is 1. The summed E-state index contributed by atoms with van der Waals surface area (Å²) in [6.45, 7) is 1.55. The van der Waals surface area contributed by atoms with E-state index in [-0.39, 0.29) is 24.1 Å². The van der Waals surface area contributed by atoms with Crippen LogP contribution in [-0.2, 0) is 11.3 Å². The first kappa shape index (κ1) is 13.9. The Morgan fingerprint density at radius 3 is 2.55 bits per heavy atom. The van der Waals surface area contributed by atoms with Gasteiger partial charge in [0.05, 0.1) is 5.56 Å². The van der Waals surface area contributed by atoms with Crippen LogP contribution < -0.4 is 9.88 Å². The highest BCUT2D eigenvalue weighted by Gasteiger charge is 2.11. The van der Waals surface area contributed by atoms with E-state index in [0.29, 0.717) is 11.3 Å². The van der Waals surface area contributed by atoms with Crippen LogP contribution in [0.25, 0.3) is 0 Å². The largest absolute Gasteiger partial charge is 0.321 e. The Labute approximate surface area is 115 Å². The quantitative estimate of drug-likeness (QED) is 0.684. The van der Waals surface area contributed by atoms with Gasteiger partial charge in [-0.15, -0.1) is 0 Å². The van der Waals surface area contributed by atoms with E-state index in [9.17, 15) is 14.0 Å². The molecule has 102 valence electrons.